The van der Waals surface area contributed by atoms with Crippen molar-refractivity contribution in [3.8, 4) is 0 Å². The number of aromatic nitrogens is 4. The second kappa shape index (κ2) is 7.66. The molecule has 2 heterocycles. The molecule has 140 valence electrons. The Balaban J connectivity index is 1.59. The predicted octanol–water partition coefficient (Wildman–Crippen LogP) is 3.11. The lowest BCUT2D eigenvalue weighted by atomic mass is 10.1. The van der Waals surface area contributed by atoms with Crippen LogP contribution in [0.3, 0.4) is 0 Å². The van der Waals surface area contributed by atoms with E-state index in [0.29, 0.717) is 22.8 Å². The van der Waals surface area contributed by atoms with Crippen LogP contribution in [-0.2, 0) is 12.8 Å². The topological polar surface area (TPSA) is 92.1 Å². The van der Waals surface area contributed by atoms with E-state index in [2.05, 4.69) is 20.4 Å². The van der Waals surface area contributed by atoms with Crippen molar-refractivity contribution in [3.05, 3.63) is 93.0 Å². The second-order valence-corrected chi connectivity index (χ2v) is 6.67. The average Bonchev–Trinajstić information content (AvgIpc) is 3.10. The summed E-state index contributed by atoms with van der Waals surface area (Å²) in [6, 6.07) is 17.7. The summed E-state index contributed by atoms with van der Waals surface area (Å²) >= 11 is 5.85. The molecule has 0 saturated heterocycles. The molecule has 1 amide bonds. The second-order valence-electron chi connectivity index (χ2n) is 6.23. The van der Waals surface area contributed by atoms with Gasteiger partial charge in [-0.1, -0.05) is 41.9 Å². The van der Waals surface area contributed by atoms with Crippen LogP contribution in [0.5, 0.6) is 0 Å². The van der Waals surface area contributed by atoms with Crippen LogP contribution in [0.15, 0.2) is 65.5 Å². The fourth-order valence-corrected chi connectivity index (χ4v) is 2.95. The number of aromatic amines is 1. The molecule has 0 fully saturated rings. The van der Waals surface area contributed by atoms with Crippen LogP contribution in [0.1, 0.15) is 21.7 Å². The summed E-state index contributed by atoms with van der Waals surface area (Å²) in [5.74, 6) is 0.733. The Bertz CT molecular complexity index is 1180. The molecule has 0 atom stereocenters. The lowest BCUT2D eigenvalue weighted by molar-refractivity contribution is 0.102. The lowest BCUT2D eigenvalue weighted by Gasteiger charge is -2.06. The summed E-state index contributed by atoms with van der Waals surface area (Å²) < 4.78 is 1.43. The van der Waals surface area contributed by atoms with Gasteiger partial charge < -0.3 is 5.32 Å². The molecule has 0 aliphatic carbocycles. The predicted molar refractivity (Wildman–Crippen MR) is 107 cm³/mol. The summed E-state index contributed by atoms with van der Waals surface area (Å²) in [6.45, 7) is 0. The van der Waals surface area contributed by atoms with Gasteiger partial charge in [0, 0.05) is 23.1 Å². The third kappa shape index (κ3) is 3.94. The Morgan fingerprint density at radius 2 is 1.82 bits per heavy atom. The fourth-order valence-electron chi connectivity index (χ4n) is 2.82. The lowest BCUT2D eigenvalue weighted by Crippen LogP contribution is -2.18. The molecule has 2 aromatic carbocycles. The van der Waals surface area contributed by atoms with Crippen LogP contribution >= 0.6 is 11.6 Å². The van der Waals surface area contributed by atoms with Gasteiger partial charge in [-0.05, 0) is 36.2 Å². The molecule has 2 aromatic heterocycles. The molecule has 0 aliphatic rings. The molecule has 8 heteroatoms. The highest BCUT2D eigenvalue weighted by Gasteiger charge is 2.13. The number of aryl methyl sites for hydroxylation is 2. The van der Waals surface area contributed by atoms with Gasteiger partial charge in [-0.3, -0.25) is 14.6 Å². The molecule has 0 spiro atoms. The van der Waals surface area contributed by atoms with Gasteiger partial charge in [0.15, 0.2) is 5.82 Å². The van der Waals surface area contributed by atoms with E-state index in [1.165, 1.54) is 16.1 Å². The Labute approximate surface area is 165 Å². The number of anilines is 1. The zero-order chi connectivity index (χ0) is 19.5. The van der Waals surface area contributed by atoms with Crippen molar-refractivity contribution in [3.63, 3.8) is 0 Å². The molecule has 0 radical (unpaired) electrons. The first-order valence-electron chi connectivity index (χ1n) is 8.68. The third-order valence-electron chi connectivity index (χ3n) is 4.21. The molecule has 0 aliphatic heterocycles. The van der Waals surface area contributed by atoms with Crippen molar-refractivity contribution in [1.82, 2.24) is 19.6 Å². The Hall–Kier alpha value is -3.45. The highest BCUT2D eigenvalue weighted by molar-refractivity contribution is 6.30. The number of carbonyl (C=O) groups excluding carboxylic acids is 1. The number of hydrogen-bond donors (Lipinski definition) is 2. The van der Waals surface area contributed by atoms with E-state index >= 15 is 0 Å². The van der Waals surface area contributed by atoms with Crippen LogP contribution in [0, 0.1) is 0 Å². The van der Waals surface area contributed by atoms with Gasteiger partial charge in [-0.2, -0.15) is 9.50 Å². The molecule has 4 rings (SSSR count). The molecule has 7 nitrogen and oxygen atoms in total. The first-order valence-corrected chi connectivity index (χ1v) is 9.06. The van der Waals surface area contributed by atoms with E-state index < -0.39 is 0 Å². The van der Waals surface area contributed by atoms with Crippen molar-refractivity contribution in [2.45, 2.75) is 12.8 Å². The smallest absolute Gasteiger partial charge is 0.256 e. The number of nitrogens with one attached hydrogen (secondary N) is 2. The summed E-state index contributed by atoms with van der Waals surface area (Å²) in [7, 11) is 0. The normalized spacial score (nSPS) is 10.9. The van der Waals surface area contributed by atoms with Crippen molar-refractivity contribution in [1.29, 1.82) is 0 Å². The van der Waals surface area contributed by atoms with Gasteiger partial charge in [0.25, 0.3) is 11.5 Å². The standard InChI is InChI=1S/C20H16ClN5O2/c21-15-9-7-14(8-10-15)19(28)23-17-12-18(27)24-20-22-16(25-26(17)20)11-6-13-4-2-1-3-5-13/h1-5,7-10,12H,6,11H2,(H,23,28)(H,22,24,25,27). The van der Waals surface area contributed by atoms with E-state index in [4.69, 9.17) is 11.6 Å². The number of H-pyrrole nitrogens is 1. The average molecular weight is 394 g/mol. The maximum atomic E-state index is 12.5. The Morgan fingerprint density at radius 3 is 2.57 bits per heavy atom. The molecule has 0 bridgehead atoms. The highest BCUT2D eigenvalue weighted by Crippen LogP contribution is 2.13. The molecular formula is C20H16ClN5O2. The number of hydrogen-bond acceptors (Lipinski definition) is 4. The first-order chi connectivity index (χ1) is 13.6. The SMILES string of the molecule is O=C(Nc1cc(=O)[nH]c2nc(CCc3ccccc3)nn12)c1ccc(Cl)cc1. The Morgan fingerprint density at radius 1 is 1.07 bits per heavy atom. The number of fused-ring (bicyclic) bond motifs is 1. The number of carbonyl (C=O) groups is 1. The van der Waals surface area contributed by atoms with Gasteiger partial charge in [-0.15, -0.1) is 5.10 Å². The van der Waals surface area contributed by atoms with Crippen molar-refractivity contribution in [2.24, 2.45) is 0 Å². The van der Waals surface area contributed by atoms with Crippen LogP contribution in [0.2, 0.25) is 5.02 Å². The van der Waals surface area contributed by atoms with Crippen LogP contribution in [-0.4, -0.2) is 25.5 Å². The van der Waals surface area contributed by atoms with Crippen molar-refractivity contribution in [2.75, 3.05) is 5.32 Å². The summed E-state index contributed by atoms with van der Waals surface area (Å²) in [6.07, 6.45) is 1.38. The van der Waals surface area contributed by atoms with Gasteiger partial charge in [0.1, 0.15) is 5.82 Å². The molecule has 0 saturated carbocycles. The van der Waals surface area contributed by atoms with E-state index in [1.54, 1.807) is 24.3 Å². The zero-order valence-electron chi connectivity index (χ0n) is 14.7. The minimum Gasteiger partial charge on any atom is -0.306 e. The third-order valence-corrected chi connectivity index (χ3v) is 4.46. The van der Waals surface area contributed by atoms with E-state index in [1.807, 2.05) is 30.3 Å². The van der Waals surface area contributed by atoms with Gasteiger partial charge in [0.2, 0.25) is 5.78 Å². The number of amides is 1. The largest absolute Gasteiger partial charge is 0.306 e. The van der Waals surface area contributed by atoms with E-state index in [-0.39, 0.29) is 23.1 Å². The maximum absolute atomic E-state index is 12.5. The summed E-state index contributed by atoms with van der Waals surface area (Å²) in [4.78, 5) is 31.4. The van der Waals surface area contributed by atoms with Gasteiger partial charge >= 0.3 is 0 Å². The van der Waals surface area contributed by atoms with Gasteiger partial charge in [0.05, 0.1) is 0 Å². The minimum absolute atomic E-state index is 0.247. The summed E-state index contributed by atoms with van der Waals surface area (Å²) in [5.41, 5.74) is 1.22. The maximum Gasteiger partial charge on any atom is 0.256 e. The van der Waals surface area contributed by atoms with Gasteiger partial charge in [-0.25, -0.2) is 0 Å². The van der Waals surface area contributed by atoms with Crippen molar-refractivity contribution >= 4 is 29.1 Å². The number of halogens is 1. The monoisotopic (exact) mass is 393 g/mol. The van der Waals surface area contributed by atoms with E-state index in [9.17, 15) is 9.59 Å². The Kier molecular flexibility index (Phi) is 4.90. The molecule has 0 unspecified atom stereocenters. The number of rotatable bonds is 5. The van der Waals surface area contributed by atoms with Crippen LogP contribution in [0.25, 0.3) is 5.78 Å². The highest BCUT2D eigenvalue weighted by atomic mass is 35.5. The van der Waals surface area contributed by atoms with Crippen LogP contribution in [0.4, 0.5) is 5.82 Å². The molecule has 2 N–H and O–H groups in total. The van der Waals surface area contributed by atoms with Crippen molar-refractivity contribution < 1.29 is 4.79 Å². The quantitative estimate of drug-likeness (QED) is 0.545. The molecule has 4 aromatic rings. The molecular weight excluding hydrogens is 378 g/mol. The number of benzene rings is 2. The summed E-state index contributed by atoms with van der Waals surface area (Å²) in [5, 5.41) is 7.67. The fraction of sp³-hybridized carbons (Fsp3) is 0.100. The molecule has 28 heavy (non-hydrogen) atoms. The zero-order valence-corrected chi connectivity index (χ0v) is 15.5. The minimum atomic E-state index is -0.374. The first kappa shape index (κ1) is 17.9. The van der Waals surface area contributed by atoms with E-state index in [0.717, 1.165) is 6.42 Å². The van der Waals surface area contributed by atoms with Crippen LogP contribution < -0.4 is 10.9 Å². The number of nitrogens with zero attached hydrogens (tertiary/aromatic N) is 3.